The van der Waals surface area contributed by atoms with E-state index in [-0.39, 0.29) is 0 Å². The molecule has 6 nitrogen and oxygen atoms in total. The molecule has 0 radical (unpaired) electrons. The van der Waals surface area contributed by atoms with Crippen LogP contribution in [0.25, 0.3) is 0 Å². The predicted octanol–water partition coefficient (Wildman–Crippen LogP) is 1.36. The third kappa shape index (κ3) is 5.02. The Kier molecular flexibility index (Phi) is 6.71. The summed E-state index contributed by atoms with van der Waals surface area (Å²) in [4.78, 5) is 11.2. The van der Waals surface area contributed by atoms with Crippen molar-refractivity contribution in [3.63, 3.8) is 0 Å². The highest BCUT2D eigenvalue weighted by atomic mass is 15.2. The first kappa shape index (κ1) is 16.8. The Balaban J connectivity index is 1.58. The van der Waals surface area contributed by atoms with Crippen molar-refractivity contribution in [3.8, 4) is 0 Å². The van der Waals surface area contributed by atoms with E-state index in [0.717, 1.165) is 44.8 Å². The lowest BCUT2D eigenvalue weighted by Crippen LogP contribution is -2.36. The van der Waals surface area contributed by atoms with Gasteiger partial charge in [0, 0.05) is 31.5 Å². The Morgan fingerprint density at radius 2 is 2.36 bits per heavy atom. The van der Waals surface area contributed by atoms with Crippen LogP contribution in [0.2, 0.25) is 0 Å². The van der Waals surface area contributed by atoms with Crippen LogP contribution in [-0.2, 0) is 6.54 Å². The lowest BCUT2D eigenvalue weighted by atomic mass is 10.2. The molecule has 1 aliphatic rings. The van der Waals surface area contributed by atoms with E-state index in [4.69, 9.17) is 5.73 Å². The van der Waals surface area contributed by atoms with Crippen LogP contribution >= 0.6 is 0 Å². The third-order valence-corrected chi connectivity index (χ3v) is 4.43. The van der Waals surface area contributed by atoms with Crippen molar-refractivity contribution in [2.75, 3.05) is 26.2 Å². The van der Waals surface area contributed by atoms with Crippen molar-refractivity contribution in [1.82, 2.24) is 19.8 Å². The van der Waals surface area contributed by atoms with Crippen molar-refractivity contribution >= 4 is 5.96 Å². The highest BCUT2D eigenvalue weighted by Crippen LogP contribution is 2.16. The fraction of sp³-hybridized carbons (Fsp3) is 0.750. The molecule has 1 aromatic heterocycles. The van der Waals surface area contributed by atoms with E-state index in [9.17, 15) is 0 Å². The summed E-state index contributed by atoms with van der Waals surface area (Å²) in [7, 11) is 0. The molecule has 22 heavy (non-hydrogen) atoms. The van der Waals surface area contributed by atoms with Gasteiger partial charge < -0.3 is 15.6 Å². The Labute approximate surface area is 133 Å². The quantitative estimate of drug-likeness (QED) is 0.432. The maximum absolute atomic E-state index is 5.94. The minimum absolute atomic E-state index is 0.578. The highest BCUT2D eigenvalue weighted by molar-refractivity contribution is 5.77. The zero-order chi connectivity index (χ0) is 15.8. The third-order valence-electron chi connectivity index (χ3n) is 4.43. The van der Waals surface area contributed by atoms with Crippen molar-refractivity contribution < 1.29 is 0 Å². The van der Waals surface area contributed by atoms with Crippen LogP contribution in [0.15, 0.2) is 17.4 Å². The van der Waals surface area contributed by atoms with Crippen LogP contribution in [-0.4, -0.2) is 52.6 Å². The molecule has 6 heteroatoms. The number of nitrogens with zero attached hydrogens (tertiary/aromatic N) is 4. The second kappa shape index (κ2) is 8.78. The van der Waals surface area contributed by atoms with Gasteiger partial charge in [0.25, 0.3) is 0 Å². The van der Waals surface area contributed by atoms with E-state index >= 15 is 0 Å². The lowest BCUT2D eigenvalue weighted by molar-refractivity contribution is 0.273. The second-order valence-corrected chi connectivity index (χ2v) is 5.95. The molecule has 1 fully saturated rings. The van der Waals surface area contributed by atoms with Gasteiger partial charge >= 0.3 is 0 Å². The van der Waals surface area contributed by atoms with Gasteiger partial charge in [-0.1, -0.05) is 6.92 Å². The first-order valence-corrected chi connectivity index (χ1v) is 8.46. The molecule has 0 amide bonds. The first-order valence-electron chi connectivity index (χ1n) is 8.46. The topological polar surface area (TPSA) is 71.5 Å². The first-order chi connectivity index (χ1) is 10.7. The number of rotatable bonds is 8. The Bertz CT molecular complexity index is 467. The minimum Gasteiger partial charge on any atom is -0.370 e. The van der Waals surface area contributed by atoms with Gasteiger partial charge in [0.2, 0.25) is 0 Å². The summed E-state index contributed by atoms with van der Waals surface area (Å²) < 4.78 is 2.18. The fourth-order valence-corrected chi connectivity index (χ4v) is 3.04. The van der Waals surface area contributed by atoms with Gasteiger partial charge in [-0.15, -0.1) is 0 Å². The van der Waals surface area contributed by atoms with Gasteiger partial charge in [0.15, 0.2) is 5.96 Å². The number of imidazole rings is 1. The molecule has 0 aromatic carbocycles. The maximum Gasteiger partial charge on any atom is 0.188 e. The summed E-state index contributed by atoms with van der Waals surface area (Å²) >= 11 is 0. The second-order valence-electron chi connectivity index (χ2n) is 5.95. The summed E-state index contributed by atoms with van der Waals surface area (Å²) in [5, 5.41) is 3.22. The van der Waals surface area contributed by atoms with E-state index in [1.54, 1.807) is 0 Å². The smallest absolute Gasteiger partial charge is 0.188 e. The van der Waals surface area contributed by atoms with Crippen molar-refractivity contribution in [1.29, 1.82) is 0 Å². The molecule has 0 spiro atoms. The molecule has 1 saturated heterocycles. The molecule has 0 aliphatic carbocycles. The summed E-state index contributed by atoms with van der Waals surface area (Å²) in [6.45, 7) is 9.28. The molecule has 2 rings (SSSR count). The van der Waals surface area contributed by atoms with Crippen LogP contribution in [0, 0.1) is 6.92 Å². The number of aryl methyl sites for hydroxylation is 2. The summed E-state index contributed by atoms with van der Waals surface area (Å²) in [6.07, 6.45) is 8.60. The van der Waals surface area contributed by atoms with Crippen LogP contribution < -0.4 is 11.1 Å². The van der Waals surface area contributed by atoms with E-state index < -0.39 is 0 Å². The van der Waals surface area contributed by atoms with Gasteiger partial charge in [-0.05, 0) is 45.7 Å². The van der Waals surface area contributed by atoms with E-state index in [1.165, 1.54) is 19.4 Å². The van der Waals surface area contributed by atoms with Crippen molar-refractivity contribution in [2.24, 2.45) is 10.7 Å². The molecule has 1 aromatic rings. The van der Waals surface area contributed by atoms with E-state index in [0.29, 0.717) is 12.0 Å². The van der Waals surface area contributed by atoms with Crippen LogP contribution in [0.5, 0.6) is 0 Å². The minimum atomic E-state index is 0.578. The number of likely N-dealkylation sites (tertiary alicyclic amines) is 1. The lowest BCUT2D eigenvalue weighted by Gasteiger charge is -2.20. The average molecular weight is 306 g/mol. The Morgan fingerprint density at radius 3 is 3.09 bits per heavy atom. The van der Waals surface area contributed by atoms with Crippen LogP contribution in [0.3, 0.4) is 0 Å². The number of unbranched alkanes of at least 4 members (excludes halogenated alkanes) is 1. The molecule has 3 N–H and O–H groups in total. The molecular formula is C16H30N6. The SMILES string of the molecule is CCN1CCCC1CN=C(N)NCCCCn1ccnc1C. The van der Waals surface area contributed by atoms with Gasteiger partial charge in [0.05, 0.1) is 6.54 Å². The van der Waals surface area contributed by atoms with Crippen molar-refractivity contribution in [3.05, 3.63) is 18.2 Å². The number of nitrogens with one attached hydrogen (secondary N) is 1. The van der Waals surface area contributed by atoms with Crippen LogP contribution in [0.1, 0.15) is 38.4 Å². The summed E-state index contributed by atoms with van der Waals surface area (Å²) in [5.41, 5.74) is 5.94. The van der Waals surface area contributed by atoms with E-state index in [1.807, 2.05) is 19.3 Å². The monoisotopic (exact) mass is 306 g/mol. The normalized spacial score (nSPS) is 19.7. The summed E-state index contributed by atoms with van der Waals surface area (Å²) in [5.74, 6) is 1.66. The van der Waals surface area contributed by atoms with Crippen LogP contribution in [0.4, 0.5) is 0 Å². The number of hydrogen-bond donors (Lipinski definition) is 2. The van der Waals surface area contributed by atoms with Gasteiger partial charge in [-0.25, -0.2) is 4.98 Å². The highest BCUT2D eigenvalue weighted by Gasteiger charge is 2.22. The zero-order valence-electron chi connectivity index (χ0n) is 14.0. The number of likely N-dealkylation sites (N-methyl/N-ethyl adjacent to an activating group) is 1. The number of nitrogens with two attached hydrogens (primary N) is 1. The molecule has 1 atom stereocenters. The zero-order valence-corrected chi connectivity index (χ0v) is 14.0. The van der Waals surface area contributed by atoms with E-state index in [2.05, 4.69) is 31.7 Å². The summed E-state index contributed by atoms with van der Waals surface area (Å²) in [6, 6.07) is 0.578. The number of hydrogen-bond acceptors (Lipinski definition) is 3. The Hall–Kier alpha value is -1.56. The molecular weight excluding hydrogens is 276 g/mol. The number of aliphatic imine (C=N–C) groups is 1. The number of guanidine groups is 1. The maximum atomic E-state index is 5.94. The largest absolute Gasteiger partial charge is 0.370 e. The molecule has 1 aliphatic heterocycles. The Morgan fingerprint density at radius 1 is 1.50 bits per heavy atom. The average Bonchev–Trinajstić information content (AvgIpc) is 3.13. The molecule has 124 valence electrons. The molecule has 0 saturated carbocycles. The van der Waals surface area contributed by atoms with Gasteiger partial charge in [-0.3, -0.25) is 9.89 Å². The van der Waals surface area contributed by atoms with Gasteiger partial charge in [-0.2, -0.15) is 0 Å². The molecule has 1 unspecified atom stereocenters. The van der Waals surface area contributed by atoms with Gasteiger partial charge in [0.1, 0.15) is 5.82 Å². The van der Waals surface area contributed by atoms with Crippen molar-refractivity contribution in [2.45, 2.75) is 52.1 Å². The fourth-order valence-electron chi connectivity index (χ4n) is 3.04. The standard InChI is InChI=1S/C16H30N6/c1-3-21-11-6-7-15(21)13-20-16(17)19-8-4-5-10-22-12-9-18-14(22)2/h9,12,15H,3-8,10-11,13H2,1-2H3,(H3,17,19,20). The number of aromatic nitrogens is 2. The molecule has 0 bridgehead atoms. The molecule has 2 heterocycles. The predicted molar refractivity (Wildman–Crippen MR) is 91.0 cm³/mol.